The molecule has 7 nitrogen and oxygen atoms in total. The third-order valence-electron chi connectivity index (χ3n) is 6.57. The normalized spacial score (nSPS) is 15.5. The van der Waals surface area contributed by atoms with E-state index in [1.807, 2.05) is 36.0 Å². The van der Waals surface area contributed by atoms with E-state index >= 15 is 0 Å². The molecule has 194 valence electrons. The number of ether oxygens (including phenoxy) is 1. The van der Waals surface area contributed by atoms with Crippen LogP contribution in [0, 0.1) is 6.92 Å². The number of aromatic amines is 1. The molecule has 0 bridgehead atoms. The van der Waals surface area contributed by atoms with Crippen LogP contribution in [0.5, 0.6) is 0 Å². The Morgan fingerprint density at radius 3 is 2.62 bits per heavy atom. The Hall–Kier alpha value is -2.79. The highest BCUT2D eigenvalue weighted by molar-refractivity contribution is 7.99. The number of fused-ring (bicyclic) bond motifs is 1. The van der Waals surface area contributed by atoms with Crippen LogP contribution in [0.4, 0.5) is 5.69 Å². The van der Waals surface area contributed by atoms with Crippen molar-refractivity contribution in [2.45, 2.75) is 34.5 Å². The molecule has 10 heteroatoms. The van der Waals surface area contributed by atoms with Gasteiger partial charge in [-0.2, -0.15) is 0 Å². The summed E-state index contributed by atoms with van der Waals surface area (Å²) in [4.78, 5) is 16.3. The van der Waals surface area contributed by atoms with Gasteiger partial charge < -0.3 is 15.0 Å². The Labute approximate surface area is 225 Å². The lowest BCUT2D eigenvalue weighted by Gasteiger charge is -2.36. The molecular formula is C27H29N3O4S3. The van der Waals surface area contributed by atoms with Crippen molar-refractivity contribution in [3.63, 3.8) is 0 Å². The summed E-state index contributed by atoms with van der Waals surface area (Å²) in [5.74, 6) is 0.654. The first kappa shape index (κ1) is 25.8. The number of anilines is 1. The van der Waals surface area contributed by atoms with Crippen LogP contribution >= 0.6 is 23.1 Å². The average molecular weight is 556 g/mol. The van der Waals surface area contributed by atoms with Gasteiger partial charge in [-0.3, -0.25) is 9.52 Å². The highest BCUT2D eigenvalue weighted by atomic mass is 32.2. The maximum Gasteiger partial charge on any atom is 0.271 e. The number of hydrogen-bond donors (Lipinski definition) is 3. The number of thiophene rings is 1. The Bertz CT molecular complexity index is 1490. The summed E-state index contributed by atoms with van der Waals surface area (Å²) in [5, 5.41) is 5.63. The molecule has 0 aliphatic carbocycles. The van der Waals surface area contributed by atoms with Crippen molar-refractivity contribution >= 4 is 55.6 Å². The van der Waals surface area contributed by atoms with Gasteiger partial charge in [0.2, 0.25) is 0 Å². The lowest BCUT2D eigenvalue weighted by molar-refractivity contribution is 0.0740. The van der Waals surface area contributed by atoms with Crippen molar-refractivity contribution in [2.75, 3.05) is 24.5 Å². The predicted molar refractivity (Wildman–Crippen MR) is 151 cm³/mol. The van der Waals surface area contributed by atoms with E-state index in [4.69, 9.17) is 4.74 Å². The number of nitrogens with one attached hydrogen (secondary N) is 3. The van der Waals surface area contributed by atoms with Crippen LogP contribution in [-0.4, -0.2) is 43.8 Å². The maximum absolute atomic E-state index is 13.2. The molecule has 2 aromatic carbocycles. The molecule has 0 saturated carbocycles. The number of aryl methyl sites for hydroxylation is 1. The number of benzene rings is 2. The van der Waals surface area contributed by atoms with Gasteiger partial charge in [0.1, 0.15) is 9.90 Å². The monoisotopic (exact) mass is 555 g/mol. The summed E-state index contributed by atoms with van der Waals surface area (Å²) in [6, 6.07) is 19.2. The van der Waals surface area contributed by atoms with Crippen LogP contribution in [0.1, 0.15) is 34.5 Å². The van der Waals surface area contributed by atoms with Crippen molar-refractivity contribution in [1.82, 2.24) is 10.3 Å². The first-order valence-corrected chi connectivity index (χ1v) is 15.4. The van der Waals surface area contributed by atoms with E-state index in [1.165, 1.54) is 16.9 Å². The van der Waals surface area contributed by atoms with Crippen molar-refractivity contribution in [3.05, 3.63) is 82.9 Å². The van der Waals surface area contributed by atoms with Crippen LogP contribution < -0.4 is 10.0 Å². The number of para-hydroxylation sites is 1. The summed E-state index contributed by atoms with van der Waals surface area (Å²) >= 11 is 3.05. The number of H-pyrrole nitrogens is 1. The Morgan fingerprint density at radius 2 is 1.89 bits per heavy atom. The number of hydrogen-bond acceptors (Lipinski definition) is 6. The van der Waals surface area contributed by atoms with Crippen LogP contribution in [0.25, 0.3) is 10.9 Å². The molecule has 1 amide bonds. The first-order valence-electron chi connectivity index (χ1n) is 12.1. The second-order valence-electron chi connectivity index (χ2n) is 9.20. The molecule has 0 spiro atoms. The van der Waals surface area contributed by atoms with Crippen molar-refractivity contribution in [3.8, 4) is 0 Å². The van der Waals surface area contributed by atoms with Gasteiger partial charge in [-0.1, -0.05) is 42.5 Å². The van der Waals surface area contributed by atoms with E-state index in [9.17, 15) is 13.2 Å². The first-order chi connectivity index (χ1) is 17.9. The zero-order valence-corrected chi connectivity index (χ0v) is 22.9. The standard InChI is InChI=1S/C27H29N3O4S3/c1-19-10-15-35-26(19)37(32,33)30-22-9-5-8-21-16-23(29-24(21)22)25(31)28-18-27(11-13-34-14-12-27)36-17-20-6-3-2-4-7-20/h2-10,15-16,29-30H,11-14,17-18H2,1H3,(H,28,31). The Morgan fingerprint density at radius 1 is 1.11 bits per heavy atom. The average Bonchev–Trinajstić information content (AvgIpc) is 3.55. The van der Waals surface area contributed by atoms with Gasteiger partial charge >= 0.3 is 0 Å². The molecule has 1 aliphatic rings. The van der Waals surface area contributed by atoms with Gasteiger partial charge in [0.15, 0.2) is 0 Å². The minimum Gasteiger partial charge on any atom is -0.381 e. The molecular weight excluding hydrogens is 527 g/mol. The molecule has 1 saturated heterocycles. The molecule has 3 heterocycles. The van der Waals surface area contributed by atoms with Gasteiger partial charge in [0.05, 0.1) is 11.2 Å². The molecule has 0 radical (unpaired) electrons. The highest BCUT2D eigenvalue weighted by Gasteiger charge is 2.34. The molecule has 2 aromatic heterocycles. The molecule has 1 fully saturated rings. The third-order valence-corrected chi connectivity index (χ3v) is 11.3. The minimum atomic E-state index is -3.73. The fourth-order valence-corrected chi connectivity index (χ4v) is 8.24. The lowest BCUT2D eigenvalue weighted by Crippen LogP contribution is -2.44. The zero-order chi connectivity index (χ0) is 25.9. The minimum absolute atomic E-state index is 0.102. The largest absolute Gasteiger partial charge is 0.381 e. The molecule has 0 unspecified atom stereocenters. The quantitative estimate of drug-likeness (QED) is 0.251. The smallest absolute Gasteiger partial charge is 0.271 e. The molecule has 1 aliphatic heterocycles. The molecule has 4 aromatic rings. The number of thioether (sulfide) groups is 1. The van der Waals surface area contributed by atoms with Crippen LogP contribution in [0.3, 0.4) is 0 Å². The lowest BCUT2D eigenvalue weighted by atomic mass is 9.99. The van der Waals surface area contributed by atoms with E-state index in [2.05, 4.69) is 27.2 Å². The zero-order valence-electron chi connectivity index (χ0n) is 20.5. The summed E-state index contributed by atoms with van der Waals surface area (Å²) in [5.41, 5.74) is 3.33. The van der Waals surface area contributed by atoms with Gasteiger partial charge in [0, 0.05) is 35.6 Å². The number of carbonyl (C=O) groups excluding carboxylic acids is 1. The van der Waals surface area contributed by atoms with E-state index in [0.29, 0.717) is 42.2 Å². The Kier molecular flexibility index (Phi) is 7.62. The summed E-state index contributed by atoms with van der Waals surface area (Å²) < 4.78 is 34.3. The second-order valence-corrected chi connectivity index (χ2v) is 13.4. The number of amides is 1. The Balaban J connectivity index is 1.31. The number of sulfonamides is 1. The fraction of sp³-hybridized carbons (Fsp3) is 0.296. The number of rotatable bonds is 9. The van der Waals surface area contributed by atoms with E-state index in [0.717, 1.165) is 24.0 Å². The molecule has 3 N–H and O–H groups in total. The molecule has 37 heavy (non-hydrogen) atoms. The molecule has 0 atom stereocenters. The van der Waals surface area contributed by atoms with E-state index < -0.39 is 10.0 Å². The van der Waals surface area contributed by atoms with Gasteiger partial charge in [-0.25, -0.2) is 8.42 Å². The van der Waals surface area contributed by atoms with Crippen LogP contribution in [0.15, 0.2) is 70.3 Å². The van der Waals surface area contributed by atoms with Crippen molar-refractivity contribution < 1.29 is 17.9 Å². The second kappa shape index (κ2) is 10.9. The summed E-state index contributed by atoms with van der Waals surface area (Å²) in [6.07, 6.45) is 1.73. The van der Waals surface area contributed by atoms with Gasteiger partial charge in [-0.05, 0) is 54.5 Å². The maximum atomic E-state index is 13.2. The molecule has 5 rings (SSSR count). The van der Waals surface area contributed by atoms with Crippen LogP contribution in [-0.2, 0) is 20.5 Å². The van der Waals surface area contributed by atoms with Crippen LogP contribution in [0.2, 0.25) is 0 Å². The van der Waals surface area contributed by atoms with Crippen molar-refractivity contribution in [2.24, 2.45) is 0 Å². The van der Waals surface area contributed by atoms with E-state index in [1.54, 1.807) is 36.6 Å². The summed E-state index contributed by atoms with van der Waals surface area (Å²) in [7, 11) is -3.73. The highest BCUT2D eigenvalue weighted by Crippen LogP contribution is 2.37. The van der Waals surface area contributed by atoms with Crippen molar-refractivity contribution in [1.29, 1.82) is 0 Å². The topological polar surface area (TPSA) is 100 Å². The van der Waals surface area contributed by atoms with Gasteiger partial charge in [-0.15, -0.1) is 23.1 Å². The van der Waals surface area contributed by atoms with Gasteiger partial charge in [0.25, 0.3) is 15.9 Å². The third kappa shape index (κ3) is 5.87. The predicted octanol–water partition coefficient (Wildman–Crippen LogP) is 5.55. The summed E-state index contributed by atoms with van der Waals surface area (Å²) in [6.45, 7) is 3.65. The number of carbonyl (C=O) groups is 1. The van der Waals surface area contributed by atoms with E-state index in [-0.39, 0.29) is 14.9 Å². The fourth-order valence-electron chi connectivity index (χ4n) is 4.45. The number of aromatic nitrogens is 1. The SMILES string of the molecule is Cc1ccsc1S(=O)(=O)Nc1cccc2cc(C(=O)NCC3(SCc4ccccc4)CCOCC3)[nH]c12.